The summed E-state index contributed by atoms with van der Waals surface area (Å²) in [5.41, 5.74) is 0. The van der Waals surface area contributed by atoms with E-state index in [0.717, 1.165) is 6.07 Å². The van der Waals surface area contributed by atoms with E-state index in [-0.39, 0.29) is 6.54 Å². The molecule has 1 aromatic rings. The van der Waals surface area contributed by atoms with Crippen LogP contribution in [0, 0.1) is 11.6 Å². The molecular weight excluding hydrogens is 304 g/mol. The number of methoxy groups -OCH3 is 1. The summed E-state index contributed by atoms with van der Waals surface area (Å²) < 4.78 is 55.0. The summed E-state index contributed by atoms with van der Waals surface area (Å²) >= 11 is 0. The molecule has 0 fully saturated rings. The van der Waals surface area contributed by atoms with Crippen molar-refractivity contribution < 1.29 is 26.7 Å². The first-order valence-corrected chi connectivity index (χ1v) is 7.81. The van der Waals surface area contributed by atoms with Crippen LogP contribution in [0.15, 0.2) is 23.1 Å². The number of amides is 1. The number of halogens is 2. The van der Waals surface area contributed by atoms with Crippen LogP contribution in [0.5, 0.6) is 0 Å². The fourth-order valence-electron chi connectivity index (χ4n) is 1.57. The summed E-state index contributed by atoms with van der Waals surface area (Å²) in [5.74, 6) is -3.12. The topological polar surface area (TPSA) is 72.5 Å². The van der Waals surface area contributed by atoms with Crippen molar-refractivity contribution in [3.63, 3.8) is 0 Å². The molecule has 1 atom stereocenters. The third kappa shape index (κ3) is 4.47. The monoisotopic (exact) mass is 321 g/mol. The van der Waals surface area contributed by atoms with E-state index in [1.54, 1.807) is 0 Å². The number of ether oxygens (including phenoxy) is 1. The zero-order valence-corrected chi connectivity index (χ0v) is 12.5. The van der Waals surface area contributed by atoms with E-state index in [0.29, 0.717) is 25.2 Å². The molecule has 0 aliphatic carbocycles. The maximum Gasteiger partial charge on any atom is 0.238 e. The molecule has 0 aliphatic rings. The van der Waals surface area contributed by atoms with Gasteiger partial charge in [0, 0.05) is 20.3 Å². The van der Waals surface area contributed by atoms with E-state index in [1.165, 1.54) is 14.0 Å². The molecule has 0 heterocycles. The zero-order chi connectivity index (χ0) is 16.0. The molecule has 0 saturated carbocycles. The first kappa shape index (κ1) is 17.5. The first-order chi connectivity index (χ1) is 9.80. The van der Waals surface area contributed by atoms with Crippen molar-refractivity contribution in [2.45, 2.75) is 23.5 Å². The highest BCUT2D eigenvalue weighted by Crippen LogP contribution is 2.19. The Morgan fingerprint density at radius 2 is 2.00 bits per heavy atom. The van der Waals surface area contributed by atoms with Crippen molar-refractivity contribution in [2.24, 2.45) is 0 Å². The van der Waals surface area contributed by atoms with Crippen LogP contribution < -0.4 is 5.32 Å². The van der Waals surface area contributed by atoms with Gasteiger partial charge < -0.3 is 10.1 Å². The third-order valence-corrected chi connectivity index (χ3v) is 4.93. The number of carbonyl (C=O) groups is 1. The summed E-state index contributed by atoms with van der Waals surface area (Å²) in [6.07, 6.45) is 0.542. The van der Waals surface area contributed by atoms with Crippen molar-refractivity contribution >= 4 is 15.7 Å². The lowest BCUT2D eigenvalue weighted by molar-refractivity contribution is -0.120. The molecule has 21 heavy (non-hydrogen) atoms. The van der Waals surface area contributed by atoms with Gasteiger partial charge in [-0.05, 0) is 31.5 Å². The van der Waals surface area contributed by atoms with Gasteiger partial charge in [-0.25, -0.2) is 17.2 Å². The molecule has 0 bridgehead atoms. The summed E-state index contributed by atoms with van der Waals surface area (Å²) in [5, 5.41) is 1.05. The third-order valence-electron chi connectivity index (χ3n) is 2.88. The highest BCUT2D eigenvalue weighted by molar-refractivity contribution is 7.92. The van der Waals surface area contributed by atoms with Crippen molar-refractivity contribution in [1.82, 2.24) is 5.32 Å². The van der Waals surface area contributed by atoms with E-state index in [2.05, 4.69) is 5.32 Å². The largest absolute Gasteiger partial charge is 0.385 e. The first-order valence-electron chi connectivity index (χ1n) is 6.26. The normalized spacial score (nSPS) is 13.0. The van der Waals surface area contributed by atoms with E-state index >= 15 is 0 Å². The average Bonchev–Trinajstić information content (AvgIpc) is 2.45. The Labute approximate surface area is 122 Å². The minimum Gasteiger partial charge on any atom is -0.385 e. The van der Waals surface area contributed by atoms with E-state index in [9.17, 15) is 22.0 Å². The Morgan fingerprint density at radius 1 is 1.33 bits per heavy atom. The second kappa shape index (κ2) is 7.46. The number of benzene rings is 1. The van der Waals surface area contributed by atoms with Crippen LogP contribution in [-0.4, -0.2) is 39.8 Å². The van der Waals surface area contributed by atoms with Crippen LogP contribution in [0.25, 0.3) is 0 Å². The van der Waals surface area contributed by atoms with Crippen LogP contribution in [-0.2, 0) is 19.4 Å². The lowest BCUT2D eigenvalue weighted by atomic mass is 10.3. The van der Waals surface area contributed by atoms with Crippen molar-refractivity contribution in [3.8, 4) is 0 Å². The van der Waals surface area contributed by atoms with Gasteiger partial charge in [0.2, 0.25) is 5.91 Å². The molecule has 1 unspecified atom stereocenters. The van der Waals surface area contributed by atoms with Gasteiger partial charge in [0.25, 0.3) is 0 Å². The molecule has 118 valence electrons. The summed E-state index contributed by atoms with van der Waals surface area (Å²) in [4.78, 5) is 11.3. The number of hydrogen-bond acceptors (Lipinski definition) is 4. The molecule has 0 spiro atoms. The standard InChI is InChI=1S/C13H17F2NO4S/c1-9(13(17)16-6-3-7-20-2)21(18,19)10-4-5-11(14)12(15)8-10/h4-5,8-9H,3,6-7H2,1-2H3,(H,16,17). The Hall–Kier alpha value is -1.54. The van der Waals surface area contributed by atoms with Gasteiger partial charge in [-0.15, -0.1) is 0 Å². The fraction of sp³-hybridized carbons (Fsp3) is 0.462. The van der Waals surface area contributed by atoms with Gasteiger partial charge in [0.15, 0.2) is 21.5 Å². The second-order valence-electron chi connectivity index (χ2n) is 4.40. The molecule has 1 amide bonds. The van der Waals surface area contributed by atoms with E-state index in [1.807, 2.05) is 0 Å². The van der Waals surface area contributed by atoms with Crippen LogP contribution in [0.4, 0.5) is 8.78 Å². The number of hydrogen-bond donors (Lipinski definition) is 1. The van der Waals surface area contributed by atoms with Gasteiger partial charge >= 0.3 is 0 Å². The predicted molar refractivity (Wildman–Crippen MR) is 72.5 cm³/mol. The van der Waals surface area contributed by atoms with Gasteiger partial charge in [0.05, 0.1) is 4.90 Å². The zero-order valence-electron chi connectivity index (χ0n) is 11.7. The van der Waals surface area contributed by atoms with Crippen molar-refractivity contribution in [3.05, 3.63) is 29.8 Å². The van der Waals surface area contributed by atoms with Crippen LogP contribution >= 0.6 is 0 Å². The molecular formula is C13H17F2NO4S. The van der Waals surface area contributed by atoms with Crippen LogP contribution in [0.1, 0.15) is 13.3 Å². The highest BCUT2D eigenvalue weighted by Gasteiger charge is 2.30. The molecule has 0 aromatic heterocycles. The summed E-state index contributed by atoms with van der Waals surface area (Å²) in [6, 6.07) is 2.22. The summed E-state index contributed by atoms with van der Waals surface area (Å²) in [6.45, 7) is 1.90. The second-order valence-corrected chi connectivity index (χ2v) is 6.67. The SMILES string of the molecule is COCCCNC(=O)C(C)S(=O)(=O)c1ccc(F)c(F)c1. The number of rotatable bonds is 7. The molecule has 0 aliphatic heterocycles. The maximum atomic E-state index is 13.1. The number of sulfone groups is 1. The molecule has 1 aromatic carbocycles. The van der Waals surface area contributed by atoms with Gasteiger partial charge in [0.1, 0.15) is 5.25 Å². The van der Waals surface area contributed by atoms with E-state index < -0.39 is 37.5 Å². The molecule has 1 rings (SSSR count). The van der Waals surface area contributed by atoms with Crippen LogP contribution in [0.3, 0.4) is 0 Å². The van der Waals surface area contributed by atoms with Crippen molar-refractivity contribution in [2.75, 3.05) is 20.3 Å². The molecule has 5 nitrogen and oxygen atoms in total. The van der Waals surface area contributed by atoms with Gasteiger partial charge in [-0.1, -0.05) is 0 Å². The lowest BCUT2D eigenvalue weighted by Gasteiger charge is -2.13. The molecule has 8 heteroatoms. The predicted octanol–water partition coefficient (Wildman–Crippen LogP) is 1.28. The Bertz CT molecular complexity index is 604. The minimum atomic E-state index is -4.07. The Kier molecular flexibility index (Phi) is 6.22. The molecule has 0 saturated heterocycles. The highest BCUT2D eigenvalue weighted by atomic mass is 32.2. The Balaban J connectivity index is 2.81. The van der Waals surface area contributed by atoms with Crippen LogP contribution in [0.2, 0.25) is 0 Å². The average molecular weight is 321 g/mol. The van der Waals surface area contributed by atoms with Gasteiger partial charge in [-0.2, -0.15) is 0 Å². The maximum absolute atomic E-state index is 13.1. The Morgan fingerprint density at radius 3 is 2.57 bits per heavy atom. The quantitative estimate of drug-likeness (QED) is 0.606. The smallest absolute Gasteiger partial charge is 0.238 e. The molecule has 1 N–H and O–H groups in total. The minimum absolute atomic E-state index is 0.268. The number of carbonyl (C=O) groups excluding carboxylic acids is 1. The van der Waals surface area contributed by atoms with Crippen molar-refractivity contribution in [1.29, 1.82) is 0 Å². The fourth-order valence-corrected chi connectivity index (χ4v) is 2.87. The lowest BCUT2D eigenvalue weighted by Crippen LogP contribution is -2.38. The van der Waals surface area contributed by atoms with E-state index in [4.69, 9.17) is 4.74 Å². The number of nitrogens with one attached hydrogen (secondary N) is 1. The molecule has 0 radical (unpaired) electrons. The summed E-state index contributed by atoms with van der Waals surface area (Å²) in [7, 11) is -2.56. The van der Waals surface area contributed by atoms with Gasteiger partial charge in [-0.3, -0.25) is 4.79 Å².